The lowest BCUT2D eigenvalue weighted by molar-refractivity contribution is 0.309. The quantitative estimate of drug-likeness (QED) is 0.824. The first-order valence-electron chi connectivity index (χ1n) is 5.88. The first kappa shape index (κ1) is 14.1. The topological polar surface area (TPSA) is 15.3 Å². The van der Waals surface area contributed by atoms with Gasteiger partial charge in [0.25, 0.3) is 0 Å². The number of nitrogens with one attached hydrogen (secondary N) is 1. The van der Waals surface area contributed by atoms with Gasteiger partial charge in [0, 0.05) is 19.1 Å². The SMILES string of the molecule is CCN(C)CC(C)NCc1ccc(F)c(F)c1. The van der Waals surface area contributed by atoms with Gasteiger partial charge in [-0.2, -0.15) is 0 Å². The van der Waals surface area contributed by atoms with Gasteiger partial charge in [-0.1, -0.05) is 13.0 Å². The summed E-state index contributed by atoms with van der Waals surface area (Å²) >= 11 is 0. The molecule has 0 aliphatic carbocycles. The van der Waals surface area contributed by atoms with Crippen LogP contribution in [-0.2, 0) is 6.54 Å². The first-order valence-corrected chi connectivity index (χ1v) is 5.88. The van der Waals surface area contributed by atoms with Crippen LogP contribution in [0.15, 0.2) is 18.2 Å². The molecule has 0 aliphatic heterocycles. The molecule has 4 heteroatoms. The third kappa shape index (κ3) is 4.79. The molecule has 0 radical (unpaired) electrons. The molecule has 0 saturated heterocycles. The van der Waals surface area contributed by atoms with Gasteiger partial charge in [-0.3, -0.25) is 0 Å². The fourth-order valence-corrected chi connectivity index (χ4v) is 1.60. The van der Waals surface area contributed by atoms with Gasteiger partial charge in [0.15, 0.2) is 11.6 Å². The molecule has 1 N–H and O–H groups in total. The highest BCUT2D eigenvalue weighted by atomic mass is 19.2. The molecule has 1 unspecified atom stereocenters. The van der Waals surface area contributed by atoms with E-state index in [-0.39, 0.29) is 0 Å². The summed E-state index contributed by atoms with van der Waals surface area (Å²) < 4.78 is 25.7. The normalized spacial score (nSPS) is 13.1. The molecule has 1 rings (SSSR count). The lowest BCUT2D eigenvalue weighted by Gasteiger charge is -2.20. The molecule has 1 aromatic rings. The van der Waals surface area contributed by atoms with E-state index in [0.717, 1.165) is 24.7 Å². The Bertz CT molecular complexity index is 355. The molecule has 1 atom stereocenters. The Morgan fingerprint density at radius 3 is 2.59 bits per heavy atom. The Morgan fingerprint density at radius 1 is 1.29 bits per heavy atom. The smallest absolute Gasteiger partial charge is 0.159 e. The van der Waals surface area contributed by atoms with Crippen molar-refractivity contribution >= 4 is 0 Å². The van der Waals surface area contributed by atoms with Crippen molar-refractivity contribution in [3.8, 4) is 0 Å². The van der Waals surface area contributed by atoms with Crippen LogP contribution in [0.3, 0.4) is 0 Å². The molecule has 0 aromatic heterocycles. The van der Waals surface area contributed by atoms with Crippen LogP contribution in [0.5, 0.6) is 0 Å². The number of benzene rings is 1. The highest BCUT2D eigenvalue weighted by Crippen LogP contribution is 2.08. The lowest BCUT2D eigenvalue weighted by atomic mass is 10.2. The Labute approximate surface area is 102 Å². The van der Waals surface area contributed by atoms with Gasteiger partial charge >= 0.3 is 0 Å². The third-order valence-electron chi connectivity index (χ3n) is 2.76. The molecule has 96 valence electrons. The monoisotopic (exact) mass is 242 g/mol. The molecule has 1 aromatic carbocycles. The first-order chi connectivity index (χ1) is 8.02. The van der Waals surface area contributed by atoms with Crippen LogP contribution < -0.4 is 5.32 Å². The Morgan fingerprint density at radius 2 is 2.00 bits per heavy atom. The van der Waals surface area contributed by atoms with E-state index in [9.17, 15) is 8.78 Å². The summed E-state index contributed by atoms with van der Waals surface area (Å²) in [6.45, 7) is 6.65. The zero-order valence-electron chi connectivity index (χ0n) is 10.6. The number of nitrogens with zero attached hydrogens (tertiary/aromatic N) is 1. The van der Waals surface area contributed by atoms with E-state index in [4.69, 9.17) is 0 Å². The zero-order valence-corrected chi connectivity index (χ0v) is 10.6. The molecule has 0 amide bonds. The number of likely N-dealkylation sites (N-methyl/N-ethyl adjacent to an activating group) is 1. The van der Waals surface area contributed by atoms with Crippen LogP contribution in [-0.4, -0.2) is 31.1 Å². The molecule has 17 heavy (non-hydrogen) atoms. The Kier molecular flexibility index (Phi) is 5.51. The third-order valence-corrected chi connectivity index (χ3v) is 2.76. The van der Waals surface area contributed by atoms with Crippen molar-refractivity contribution in [2.75, 3.05) is 20.1 Å². The number of rotatable bonds is 6. The standard InChI is InChI=1S/C13H20F2N2/c1-4-17(3)9-10(2)16-8-11-5-6-12(14)13(15)7-11/h5-7,10,16H,4,8-9H2,1-3H3. The van der Waals surface area contributed by atoms with Crippen molar-refractivity contribution in [1.29, 1.82) is 0 Å². The lowest BCUT2D eigenvalue weighted by Crippen LogP contribution is -2.36. The largest absolute Gasteiger partial charge is 0.309 e. The van der Waals surface area contributed by atoms with E-state index in [2.05, 4.69) is 31.1 Å². The predicted octanol–water partition coefficient (Wildman–Crippen LogP) is 2.39. The highest BCUT2D eigenvalue weighted by molar-refractivity contribution is 5.17. The summed E-state index contributed by atoms with van der Waals surface area (Å²) in [6.07, 6.45) is 0. The van der Waals surface area contributed by atoms with Crippen LogP contribution in [0.25, 0.3) is 0 Å². The van der Waals surface area contributed by atoms with Gasteiger partial charge in [0.2, 0.25) is 0 Å². The van der Waals surface area contributed by atoms with Gasteiger partial charge in [0.1, 0.15) is 0 Å². The maximum atomic E-state index is 13.0. The van der Waals surface area contributed by atoms with E-state index < -0.39 is 11.6 Å². The summed E-state index contributed by atoms with van der Waals surface area (Å²) in [7, 11) is 2.05. The van der Waals surface area contributed by atoms with Gasteiger partial charge in [-0.05, 0) is 38.2 Å². The number of halogens is 2. The summed E-state index contributed by atoms with van der Waals surface area (Å²) in [4.78, 5) is 2.20. The van der Waals surface area contributed by atoms with E-state index in [1.165, 1.54) is 6.07 Å². The summed E-state index contributed by atoms with van der Waals surface area (Å²) in [6, 6.07) is 4.31. The number of hydrogen-bond acceptors (Lipinski definition) is 2. The second-order valence-corrected chi connectivity index (χ2v) is 4.39. The molecule has 0 heterocycles. The Balaban J connectivity index is 2.42. The predicted molar refractivity (Wildman–Crippen MR) is 65.8 cm³/mol. The minimum atomic E-state index is -0.799. The minimum absolute atomic E-state index is 0.313. The van der Waals surface area contributed by atoms with Crippen molar-refractivity contribution in [3.05, 3.63) is 35.4 Å². The Hall–Kier alpha value is -1.00. The molecular formula is C13H20F2N2. The maximum absolute atomic E-state index is 13.0. The van der Waals surface area contributed by atoms with Crippen LogP contribution in [0.2, 0.25) is 0 Å². The second kappa shape index (κ2) is 6.67. The van der Waals surface area contributed by atoms with Gasteiger partial charge in [-0.25, -0.2) is 8.78 Å². The van der Waals surface area contributed by atoms with Crippen LogP contribution in [0.1, 0.15) is 19.4 Å². The second-order valence-electron chi connectivity index (χ2n) is 4.39. The molecule has 0 bridgehead atoms. The van der Waals surface area contributed by atoms with E-state index >= 15 is 0 Å². The molecule has 0 saturated carbocycles. The summed E-state index contributed by atoms with van der Waals surface area (Å²) in [5, 5.41) is 3.28. The van der Waals surface area contributed by atoms with Gasteiger partial charge in [-0.15, -0.1) is 0 Å². The van der Waals surface area contributed by atoms with Crippen molar-refractivity contribution < 1.29 is 8.78 Å². The van der Waals surface area contributed by atoms with Crippen LogP contribution in [0.4, 0.5) is 8.78 Å². The van der Waals surface area contributed by atoms with Crippen molar-refractivity contribution in [2.45, 2.75) is 26.4 Å². The van der Waals surface area contributed by atoms with Crippen molar-refractivity contribution in [2.24, 2.45) is 0 Å². The van der Waals surface area contributed by atoms with Gasteiger partial charge in [0.05, 0.1) is 0 Å². The van der Waals surface area contributed by atoms with Crippen LogP contribution in [0, 0.1) is 11.6 Å². The average Bonchev–Trinajstić information content (AvgIpc) is 2.30. The molecule has 2 nitrogen and oxygen atoms in total. The highest BCUT2D eigenvalue weighted by Gasteiger charge is 2.06. The molecule has 0 spiro atoms. The summed E-state index contributed by atoms with van der Waals surface area (Å²) in [5.41, 5.74) is 0.759. The average molecular weight is 242 g/mol. The summed E-state index contributed by atoms with van der Waals surface area (Å²) in [5.74, 6) is -1.59. The van der Waals surface area contributed by atoms with E-state index in [1.807, 2.05) is 0 Å². The van der Waals surface area contributed by atoms with E-state index in [1.54, 1.807) is 6.07 Å². The maximum Gasteiger partial charge on any atom is 0.159 e. The fraction of sp³-hybridized carbons (Fsp3) is 0.538. The van der Waals surface area contributed by atoms with Crippen LogP contribution >= 0.6 is 0 Å². The zero-order chi connectivity index (χ0) is 12.8. The fourth-order valence-electron chi connectivity index (χ4n) is 1.60. The molecular weight excluding hydrogens is 222 g/mol. The minimum Gasteiger partial charge on any atom is -0.309 e. The van der Waals surface area contributed by atoms with E-state index in [0.29, 0.717) is 12.6 Å². The number of hydrogen-bond donors (Lipinski definition) is 1. The van der Waals surface area contributed by atoms with Crippen molar-refractivity contribution in [3.63, 3.8) is 0 Å². The van der Waals surface area contributed by atoms with Gasteiger partial charge < -0.3 is 10.2 Å². The molecule has 0 fully saturated rings. The molecule has 0 aliphatic rings. The van der Waals surface area contributed by atoms with Crippen molar-refractivity contribution in [1.82, 2.24) is 10.2 Å².